The van der Waals surface area contributed by atoms with Gasteiger partial charge in [0.15, 0.2) is 9.84 Å². The van der Waals surface area contributed by atoms with Gasteiger partial charge in [0.1, 0.15) is 0 Å². The molecule has 1 saturated carbocycles. The van der Waals surface area contributed by atoms with Crippen molar-refractivity contribution in [3.8, 4) is 0 Å². The molecule has 0 bridgehead atoms. The summed E-state index contributed by atoms with van der Waals surface area (Å²) in [6.45, 7) is 0.517. The van der Waals surface area contributed by atoms with Gasteiger partial charge in [-0.15, -0.1) is 0 Å². The van der Waals surface area contributed by atoms with E-state index in [1.54, 1.807) is 0 Å². The van der Waals surface area contributed by atoms with Gasteiger partial charge in [-0.25, -0.2) is 8.42 Å². The molecule has 0 aromatic heterocycles. The molecule has 0 radical (unpaired) electrons. The first-order valence-corrected chi connectivity index (χ1v) is 7.72. The number of rotatable bonds is 8. The summed E-state index contributed by atoms with van der Waals surface area (Å²) in [5, 5.41) is 0. The van der Waals surface area contributed by atoms with Gasteiger partial charge in [0.25, 0.3) is 0 Å². The van der Waals surface area contributed by atoms with E-state index in [-0.39, 0.29) is 29.3 Å². The number of esters is 1. The molecule has 0 aromatic carbocycles. The Balaban J connectivity index is 2.44. The smallest absolute Gasteiger partial charge is 0.306 e. The molecule has 5 nitrogen and oxygen atoms in total. The Bertz CT molecular complexity index is 360. The summed E-state index contributed by atoms with van der Waals surface area (Å²) in [7, 11) is -1.74. The molecule has 0 amide bonds. The van der Waals surface area contributed by atoms with Crippen molar-refractivity contribution >= 4 is 15.8 Å². The van der Waals surface area contributed by atoms with Crippen LogP contribution in [-0.2, 0) is 19.4 Å². The molecule has 0 aliphatic heterocycles. The molecule has 0 atom stereocenters. The van der Waals surface area contributed by atoms with E-state index in [4.69, 9.17) is 5.73 Å². The van der Waals surface area contributed by atoms with E-state index in [0.717, 1.165) is 19.3 Å². The lowest BCUT2D eigenvalue weighted by Gasteiger charge is -2.13. The van der Waals surface area contributed by atoms with Crippen LogP contribution < -0.4 is 5.73 Å². The largest absolute Gasteiger partial charge is 0.469 e. The van der Waals surface area contributed by atoms with E-state index in [0.29, 0.717) is 13.0 Å². The number of methoxy groups -OCH3 is 1. The van der Waals surface area contributed by atoms with Crippen molar-refractivity contribution in [1.82, 2.24) is 0 Å². The topological polar surface area (TPSA) is 86.5 Å². The first kappa shape index (κ1) is 14.4. The number of carbonyl (C=O) groups is 1. The number of ether oxygens (including phenoxy) is 1. The molecule has 1 aliphatic carbocycles. The second-order valence-electron chi connectivity index (χ2n) is 4.84. The predicted molar refractivity (Wildman–Crippen MR) is 65.2 cm³/mol. The summed E-state index contributed by atoms with van der Waals surface area (Å²) in [4.78, 5) is 11.2. The van der Waals surface area contributed by atoms with Gasteiger partial charge in [-0.05, 0) is 37.6 Å². The van der Waals surface area contributed by atoms with Crippen molar-refractivity contribution in [3.63, 3.8) is 0 Å². The van der Waals surface area contributed by atoms with E-state index in [9.17, 15) is 13.2 Å². The molecular weight excluding hydrogens is 242 g/mol. The number of hydrogen-bond donors (Lipinski definition) is 1. The molecule has 100 valence electrons. The highest BCUT2D eigenvalue weighted by Crippen LogP contribution is 2.50. The summed E-state index contributed by atoms with van der Waals surface area (Å²) in [5.74, 6) is -0.0352. The van der Waals surface area contributed by atoms with Crippen LogP contribution in [0.1, 0.15) is 32.1 Å². The van der Waals surface area contributed by atoms with Crippen molar-refractivity contribution < 1.29 is 17.9 Å². The minimum Gasteiger partial charge on any atom is -0.469 e. The van der Waals surface area contributed by atoms with Crippen LogP contribution in [0.3, 0.4) is 0 Å². The summed E-state index contributed by atoms with van der Waals surface area (Å²) in [6, 6.07) is 0. The minimum absolute atomic E-state index is 0.111. The molecule has 0 spiro atoms. The molecule has 6 heteroatoms. The van der Waals surface area contributed by atoms with Crippen molar-refractivity contribution in [3.05, 3.63) is 0 Å². The number of carbonyl (C=O) groups excluding carboxylic acids is 1. The third-order valence-corrected chi connectivity index (χ3v) is 5.10. The van der Waals surface area contributed by atoms with Crippen LogP contribution in [0.15, 0.2) is 0 Å². The minimum atomic E-state index is -3.07. The van der Waals surface area contributed by atoms with Crippen LogP contribution in [0.2, 0.25) is 0 Å². The molecule has 0 saturated heterocycles. The zero-order valence-corrected chi connectivity index (χ0v) is 11.1. The van der Waals surface area contributed by atoms with Gasteiger partial charge in [0.05, 0.1) is 25.0 Å². The average molecular weight is 263 g/mol. The van der Waals surface area contributed by atoms with E-state index >= 15 is 0 Å². The van der Waals surface area contributed by atoms with E-state index < -0.39 is 9.84 Å². The van der Waals surface area contributed by atoms with Gasteiger partial charge in [-0.2, -0.15) is 0 Å². The summed E-state index contributed by atoms with van der Waals surface area (Å²) in [5.41, 5.74) is 4.99. The molecule has 1 aliphatic rings. The van der Waals surface area contributed by atoms with Crippen LogP contribution in [0.5, 0.6) is 0 Å². The molecule has 1 fully saturated rings. The fraction of sp³-hybridized carbons (Fsp3) is 0.909. The van der Waals surface area contributed by atoms with E-state index in [1.165, 1.54) is 7.11 Å². The maximum absolute atomic E-state index is 11.8. The van der Waals surface area contributed by atoms with E-state index in [2.05, 4.69) is 4.74 Å². The van der Waals surface area contributed by atoms with Gasteiger partial charge in [0, 0.05) is 0 Å². The monoisotopic (exact) mass is 263 g/mol. The number of nitrogens with two attached hydrogens (primary N) is 1. The Hall–Kier alpha value is -0.620. The summed E-state index contributed by atoms with van der Waals surface area (Å²) in [6.07, 6.45) is 3.16. The highest BCUT2D eigenvalue weighted by Gasteiger charge is 2.47. The number of hydrogen-bond acceptors (Lipinski definition) is 5. The molecular formula is C11H21NO4S. The zero-order chi connectivity index (χ0) is 12.9. The molecule has 0 heterocycles. The molecule has 0 unspecified atom stereocenters. The number of sulfone groups is 1. The summed E-state index contributed by atoms with van der Waals surface area (Å²) >= 11 is 0. The third kappa shape index (κ3) is 5.04. The van der Waals surface area contributed by atoms with E-state index in [1.807, 2.05) is 0 Å². The molecule has 0 aromatic rings. The number of unbranched alkanes of at least 4 members (excludes halogenated alkanes) is 1. The van der Waals surface area contributed by atoms with Gasteiger partial charge in [-0.1, -0.05) is 0 Å². The summed E-state index contributed by atoms with van der Waals surface area (Å²) < 4.78 is 28.3. The van der Waals surface area contributed by atoms with Crippen molar-refractivity contribution in [2.75, 3.05) is 25.2 Å². The van der Waals surface area contributed by atoms with Crippen LogP contribution in [0.25, 0.3) is 0 Å². The predicted octanol–water partition coefficient (Wildman–Crippen LogP) is 0.483. The van der Waals surface area contributed by atoms with Gasteiger partial charge in [-0.3, -0.25) is 4.79 Å². The average Bonchev–Trinajstić information content (AvgIpc) is 2.96. The Morgan fingerprint density at radius 3 is 2.47 bits per heavy atom. The first-order chi connectivity index (χ1) is 7.93. The quantitative estimate of drug-likeness (QED) is 0.508. The van der Waals surface area contributed by atoms with Gasteiger partial charge < -0.3 is 10.5 Å². The maximum Gasteiger partial charge on any atom is 0.306 e. The van der Waals surface area contributed by atoms with Crippen LogP contribution in [0, 0.1) is 5.41 Å². The normalized spacial score (nSPS) is 17.8. The lowest BCUT2D eigenvalue weighted by Crippen LogP contribution is -2.23. The first-order valence-electron chi connectivity index (χ1n) is 5.90. The van der Waals surface area contributed by atoms with Crippen LogP contribution >= 0.6 is 0 Å². The third-order valence-electron chi connectivity index (χ3n) is 3.14. The molecule has 2 N–H and O–H groups in total. The van der Waals surface area contributed by atoms with Crippen molar-refractivity contribution in [2.45, 2.75) is 32.1 Å². The maximum atomic E-state index is 11.8. The molecule has 1 rings (SSSR count). The van der Waals surface area contributed by atoms with Crippen LogP contribution in [-0.4, -0.2) is 39.5 Å². The Morgan fingerprint density at radius 1 is 1.35 bits per heavy atom. The highest BCUT2D eigenvalue weighted by atomic mass is 32.2. The SMILES string of the molecule is COC(=O)CC1(CS(=O)(=O)CCCCN)CC1. The standard InChI is InChI=1S/C11H21NO4S/c1-16-10(13)8-11(4-5-11)9-17(14,15)7-3-2-6-12/h2-9,12H2,1H3. The second-order valence-corrected chi connectivity index (χ2v) is 7.02. The molecule has 17 heavy (non-hydrogen) atoms. The Morgan fingerprint density at radius 2 is 2.00 bits per heavy atom. The van der Waals surface area contributed by atoms with Crippen molar-refractivity contribution in [2.24, 2.45) is 11.1 Å². The Labute approximate surface area is 103 Å². The fourth-order valence-electron chi connectivity index (χ4n) is 1.93. The fourth-order valence-corrected chi connectivity index (χ4v) is 4.04. The zero-order valence-electron chi connectivity index (χ0n) is 10.3. The van der Waals surface area contributed by atoms with Gasteiger partial charge in [0.2, 0.25) is 0 Å². The lowest BCUT2D eigenvalue weighted by atomic mass is 10.1. The van der Waals surface area contributed by atoms with Crippen molar-refractivity contribution in [1.29, 1.82) is 0 Å². The lowest BCUT2D eigenvalue weighted by molar-refractivity contribution is -0.141. The second kappa shape index (κ2) is 5.82. The Kier molecular flexibility index (Phi) is 4.94. The van der Waals surface area contributed by atoms with Crippen LogP contribution in [0.4, 0.5) is 0 Å². The van der Waals surface area contributed by atoms with Gasteiger partial charge >= 0.3 is 5.97 Å². The highest BCUT2D eigenvalue weighted by molar-refractivity contribution is 7.91.